The molecular formula is C13H12N2O3S. The van der Waals surface area contributed by atoms with Gasteiger partial charge >= 0.3 is 5.97 Å². The zero-order chi connectivity index (χ0) is 13.4. The van der Waals surface area contributed by atoms with Gasteiger partial charge < -0.3 is 5.11 Å². The summed E-state index contributed by atoms with van der Waals surface area (Å²) in [6.07, 6.45) is 1.92. The van der Waals surface area contributed by atoms with Gasteiger partial charge in [0.15, 0.2) is 5.16 Å². The van der Waals surface area contributed by atoms with Crippen molar-refractivity contribution in [2.45, 2.75) is 24.0 Å². The Morgan fingerprint density at radius 2 is 2.16 bits per heavy atom. The quantitative estimate of drug-likeness (QED) is 0.682. The predicted octanol–water partition coefficient (Wildman–Crippen LogP) is 1.91. The monoisotopic (exact) mass is 276 g/mol. The Labute approximate surface area is 113 Å². The molecule has 5 nitrogen and oxygen atoms in total. The Morgan fingerprint density at radius 3 is 2.84 bits per heavy atom. The maximum atomic E-state index is 12.4. The van der Waals surface area contributed by atoms with Gasteiger partial charge in [0.1, 0.15) is 0 Å². The third-order valence-electron chi connectivity index (χ3n) is 3.01. The van der Waals surface area contributed by atoms with E-state index in [9.17, 15) is 9.59 Å². The summed E-state index contributed by atoms with van der Waals surface area (Å²) in [6, 6.07) is 7.35. The highest BCUT2D eigenvalue weighted by Gasteiger charge is 2.28. The molecule has 0 saturated heterocycles. The van der Waals surface area contributed by atoms with Crippen LogP contribution in [0.15, 0.2) is 34.2 Å². The number of aliphatic carboxylic acids is 1. The van der Waals surface area contributed by atoms with Gasteiger partial charge in [-0.3, -0.25) is 14.2 Å². The van der Waals surface area contributed by atoms with Crippen molar-refractivity contribution in [3.63, 3.8) is 0 Å². The van der Waals surface area contributed by atoms with E-state index in [4.69, 9.17) is 5.11 Å². The fourth-order valence-corrected chi connectivity index (χ4v) is 2.79. The maximum absolute atomic E-state index is 12.4. The standard InChI is InChI=1S/C13H12N2O3S/c16-11(17)7-19-13-14-10-4-2-1-3-9(10)12(18)15(13)8-5-6-8/h1-4,8H,5-7H2,(H,16,17). The SMILES string of the molecule is O=C(O)CSc1nc2ccccc2c(=O)n1C1CC1. The second-order valence-corrected chi connectivity index (χ2v) is 5.44. The minimum atomic E-state index is -0.908. The zero-order valence-electron chi connectivity index (χ0n) is 10.1. The summed E-state index contributed by atoms with van der Waals surface area (Å²) in [6.45, 7) is 0. The minimum Gasteiger partial charge on any atom is -0.481 e. The van der Waals surface area contributed by atoms with Gasteiger partial charge in [-0.25, -0.2) is 4.98 Å². The largest absolute Gasteiger partial charge is 0.481 e. The van der Waals surface area contributed by atoms with E-state index in [-0.39, 0.29) is 17.4 Å². The van der Waals surface area contributed by atoms with Crippen LogP contribution in [0.3, 0.4) is 0 Å². The van der Waals surface area contributed by atoms with E-state index in [0.29, 0.717) is 16.1 Å². The van der Waals surface area contributed by atoms with E-state index in [1.165, 1.54) is 0 Å². The number of aromatic nitrogens is 2. The van der Waals surface area contributed by atoms with Crippen LogP contribution in [0, 0.1) is 0 Å². The highest BCUT2D eigenvalue weighted by Crippen LogP contribution is 2.36. The number of carboxylic acids is 1. The summed E-state index contributed by atoms with van der Waals surface area (Å²) in [5.74, 6) is -0.993. The van der Waals surface area contributed by atoms with Crippen LogP contribution in [0.2, 0.25) is 0 Å². The number of benzene rings is 1. The van der Waals surface area contributed by atoms with Crippen molar-refractivity contribution in [1.29, 1.82) is 0 Å². The number of carboxylic acid groups (broad SMARTS) is 1. The molecule has 0 spiro atoms. The molecule has 1 aliphatic rings. The Kier molecular flexibility index (Phi) is 3.02. The molecule has 1 saturated carbocycles. The van der Waals surface area contributed by atoms with Crippen LogP contribution in [0.25, 0.3) is 10.9 Å². The van der Waals surface area contributed by atoms with Crippen LogP contribution in [0.5, 0.6) is 0 Å². The van der Waals surface area contributed by atoms with Crippen LogP contribution in [0.1, 0.15) is 18.9 Å². The van der Waals surface area contributed by atoms with Crippen molar-refractivity contribution in [2.24, 2.45) is 0 Å². The zero-order valence-corrected chi connectivity index (χ0v) is 10.9. The predicted molar refractivity (Wildman–Crippen MR) is 72.6 cm³/mol. The van der Waals surface area contributed by atoms with Crippen LogP contribution in [-0.4, -0.2) is 26.4 Å². The number of para-hydroxylation sites is 1. The lowest BCUT2D eigenvalue weighted by molar-refractivity contribution is -0.133. The lowest BCUT2D eigenvalue weighted by atomic mass is 10.2. The summed E-state index contributed by atoms with van der Waals surface area (Å²) in [7, 11) is 0. The third kappa shape index (κ3) is 2.35. The molecule has 0 amide bonds. The second kappa shape index (κ2) is 4.70. The van der Waals surface area contributed by atoms with E-state index < -0.39 is 5.97 Å². The molecule has 1 N–H and O–H groups in total. The summed E-state index contributed by atoms with van der Waals surface area (Å²) in [4.78, 5) is 27.6. The molecule has 0 aliphatic heterocycles. The van der Waals surface area contributed by atoms with Gasteiger partial charge in [-0.2, -0.15) is 0 Å². The fraction of sp³-hybridized carbons (Fsp3) is 0.308. The fourth-order valence-electron chi connectivity index (χ4n) is 2.01. The lowest BCUT2D eigenvalue weighted by Gasteiger charge is -2.11. The molecule has 1 aromatic heterocycles. The molecular weight excluding hydrogens is 264 g/mol. The number of nitrogens with zero attached hydrogens (tertiary/aromatic N) is 2. The normalized spacial score (nSPS) is 14.7. The van der Waals surface area contributed by atoms with Gasteiger partial charge in [-0.1, -0.05) is 23.9 Å². The van der Waals surface area contributed by atoms with E-state index in [1.54, 1.807) is 16.7 Å². The molecule has 98 valence electrons. The molecule has 6 heteroatoms. The van der Waals surface area contributed by atoms with Crippen molar-refractivity contribution in [3.05, 3.63) is 34.6 Å². The van der Waals surface area contributed by atoms with Crippen LogP contribution < -0.4 is 5.56 Å². The molecule has 1 aliphatic carbocycles. The van der Waals surface area contributed by atoms with E-state index >= 15 is 0 Å². The Bertz CT molecular complexity index is 707. The maximum Gasteiger partial charge on any atom is 0.313 e. The first-order valence-corrected chi connectivity index (χ1v) is 7.01. The summed E-state index contributed by atoms with van der Waals surface area (Å²) in [5, 5.41) is 9.87. The van der Waals surface area contributed by atoms with Crippen LogP contribution >= 0.6 is 11.8 Å². The van der Waals surface area contributed by atoms with Crippen molar-refractivity contribution in [1.82, 2.24) is 9.55 Å². The molecule has 0 radical (unpaired) electrons. The number of carbonyl (C=O) groups is 1. The van der Waals surface area contributed by atoms with E-state index in [2.05, 4.69) is 4.98 Å². The first-order valence-electron chi connectivity index (χ1n) is 6.02. The molecule has 2 aromatic rings. The number of thioether (sulfide) groups is 1. The molecule has 1 aromatic carbocycles. The van der Waals surface area contributed by atoms with E-state index in [1.807, 2.05) is 12.1 Å². The van der Waals surface area contributed by atoms with Gasteiger partial charge in [-0.05, 0) is 25.0 Å². The first kappa shape index (κ1) is 12.2. The summed E-state index contributed by atoms with van der Waals surface area (Å²) >= 11 is 1.10. The summed E-state index contributed by atoms with van der Waals surface area (Å²) < 4.78 is 1.65. The molecule has 0 atom stereocenters. The molecule has 19 heavy (non-hydrogen) atoms. The van der Waals surface area contributed by atoms with Crippen molar-refractivity contribution in [3.8, 4) is 0 Å². The van der Waals surface area contributed by atoms with Crippen LogP contribution in [-0.2, 0) is 4.79 Å². The number of hydrogen-bond donors (Lipinski definition) is 1. The van der Waals surface area contributed by atoms with E-state index in [0.717, 1.165) is 24.6 Å². The van der Waals surface area contributed by atoms with Gasteiger partial charge in [-0.15, -0.1) is 0 Å². The molecule has 1 fully saturated rings. The Hall–Kier alpha value is -1.82. The van der Waals surface area contributed by atoms with Crippen molar-refractivity contribution < 1.29 is 9.90 Å². The van der Waals surface area contributed by atoms with Gasteiger partial charge in [0, 0.05) is 6.04 Å². The van der Waals surface area contributed by atoms with Crippen LogP contribution in [0.4, 0.5) is 0 Å². The van der Waals surface area contributed by atoms with Crippen molar-refractivity contribution >= 4 is 28.6 Å². The number of fused-ring (bicyclic) bond motifs is 1. The highest BCUT2D eigenvalue weighted by atomic mass is 32.2. The first-order chi connectivity index (χ1) is 9.16. The smallest absolute Gasteiger partial charge is 0.313 e. The average molecular weight is 276 g/mol. The number of hydrogen-bond acceptors (Lipinski definition) is 4. The molecule has 0 unspecified atom stereocenters. The molecule has 0 bridgehead atoms. The van der Waals surface area contributed by atoms with Gasteiger partial charge in [0.2, 0.25) is 0 Å². The Morgan fingerprint density at radius 1 is 1.42 bits per heavy atom. The Balaban J connectivity index is 2.15. The average Bonchev–Trinajstić information content (AvgIpc) is 3.21. The van der Waals surface area contributed by atoms with Crippen molar-refractivity contribution in [2.75, 3.05) is 5.75 Å². The topological polar surface area (TPSA) is 72.2 Å². The third-order valence-corrected chi connectivity index (χ3v) is 3.95. The highest BCUT2D eigenvalue weighted by molar-refractivity contribution is 7.99. The molecule has 1 heterocycles. The summed E-state index contributed by atoms with van der Waals surface area (Å²) in [5.41, 5.74) is 0.554. The van der Waals surface area contributed by atoms with Gasteiger partial charge in [0.05, 0.1) is 16.7 Å². The molecule has 3 rings (SSSR count). The number of rotatable bonds is 4. The second-order valence-electron chi connectivity index (χ2n) is 4.50. The lowest BCUT2D eigenvalue weighted by Crippen LogP contribution is -2.22. The van der Waals surface area contributed by atoms with Gasteiger partial charge in [0.25, 0.3) is 5.56 Å². The minimum absolute atomic E-state index is 0.0685.